The first-order chi connectivity index (χ1) is 10.2. The van der Waals surface area contributed by atoms with Crippen LogP contribution < -0.4 is 5.32 Å². The summed E-state index contributed by atoms with van der Waals surface area (Å²) in [4.78, 5) is 2.65. The van der Waals surface area contributed by atoms with E-state index in [9.17, 15) is 0 Å². The number of hydrogen-bond donors (Lipinski definition) is 1. The van der Waals surface area contributed by atoms with Crippen molar-refractivity contribution in [3.63, 3.8) is 0 Å². The largest absolute Gasteiger partial charge is 0.459 e. The summed E-state index contributed by atoms with van der Waals surface area (Å²) >= 11 is 1.83. The zero-order valence-corrected chi connectivity index (χ0v) is 13.6. The molecule has 1 unspecified atom stereocenters. The van der Waals surface area contributed by atoms with Crippen molar-refractivity contribution < 1.29 is 4.42 Å². The molecule has 2 nitrogen and oxygen atoms in total. The molecule has 3 rings (SSSR count). The SMILES string of the molecule is CCCNC(c1cc2cc(C)ccc2o1)c1ccc(C)s1. The van der Waals surface area contributed by atoms with Gasteiger partial charge in [-0.3, -0.25) is 0 Å². The van der Waals surface area contributed by atoms with Crippen molar-refractivity contribution in [1.29, 1.82) is 0 Å². The minimum absolute atomic E-state index is 0.149. The molecule has 0 fully saturated rings. The Labute approximate surface area is 129 Å². The van der Waals surface area contributed by atoms with E-state index >= 15 is 0 Å². The third-order valence-corrected chi connectivity index (χ3v) is 4.69. The Hall–Kier alpha value is -1.58. The summed E-state index contributed by atoms with van der Waals surface area (Å²) in [7, 11) is 0. The second kappa shape index (κ2) is 6.04. The smallest absolute Gasteiger partial charge is 0.134 e. The molecule has 0 amide bonds. The van der Waals surface area contributed by atoms with Gasteiger partial charge in [-0.25, -0.2) is 0 Å². The zero-order chi connectivity index (χ0) is 14.8. The molecule has 0 bridgehead atoms. The van der Waals surface area contributed by atoms with Crippen LogP contribution in [0, 0.1) is 13.8 Å². The molecule has 0 aliphatic heterocycles. The molecule has 0 saturated carbocycles. The van der Waals surface area contributed by atoms with Gasteiger partial charge in [0.05, 0.1) is 0 Å². The Bertz CT molecular complexity index is 741. The molecule has 0 saturated heterocycles. The van der Waals surface area contributed by atoms with Gasteiger partial charge >= 0.3 is 0 Å². The van der Waals surface area contributed by atoms with Crippen molar-refractivity contribution in [3.05, 3.63) is 57.5 Å². The highest BCUT2D eigenvalue weighted by Gasteiger charge is 2.19. The maximum Gasteiger partial charge on any atom is 0.134 e. The van der Waals surface area contributed by atoms with Gasteiger partial charge in [0.1, 0.15) is 17.4 Å². The van der Waals surface area contributed by atoms with Crippen LogP contribution in [0.2, 0.25) is 0 Å². The number of benzene rings is 1. The lowest BCUT2D eigenvalue weighted by atomic mass is 10.1. The molecule has 1 N–H and O–H groups in total. The van der Waals surface area contributed by atoms with Crippen LogP contribution in [-0.2, 0) is 0 Å². The fourth-order valence-corrected chi connectivity index (χ4v) is 3.53. The van der Waals surface area contributed by atoms with Crippen LogP contribution in [0.4, 0.5) is 0 Å². The Morgan fingerprint density at radius 3 is 2.71 bits per heavy atom. The van der Waals surface area contributed by atoms with E-state index in [0.717, 1.165) is 24.3 Å². The van der Waals surface area contributed by atoms with Crippen LogP contribution in [0.25, 0.3) is 11.0 Å². The van der Waals surface area contributed by atoms with E-state index in [-0.39, 0.29) is 6.04 Å². The van der Waals surface area contributed by atoms with Crippen LogP contribution in [-0.4, -0.2) is 6.54 Å². The second-order valence-electron chi connectivity index (χ2n) is 5.53. The third kappa shape index (κ3) is 3.04. The molecule has 1 atom stereocenters. The van der Waals surface area contributed by atoms with Gasteiger partial charge in [-0.1, -0.05) is 18.6 Å². The lowest BCUT2D eigenvalue weighted by Gasteiger charge is -2.14. The molecular formula is C18H21NOS. The van der Waals surface area contributed by atoms with Crippen LogP contribution in [0.1, 0.15) is 40.5 Å². The lowest BCUT2D eigenvalue weighted by molar-refractivity contribution is 0.473. The summed E-state index contributed by atoms with van der Waals surface area (Å²) in [5.74, 6) is 1.01. The number of aryl methyl sites for hydroxylation is 2. The molecular weight excluding hydrogens is 278 g/mol. The molecule has 0 aliphatic rings. The van der Waals surface area contributed by atoms with E-state index in [1.807, 2.05) is 11.3 Å². The molecule has 2 heterocycles. The molecule has 3 heteroatoms. The molecule has 2 aromatic heterocycles. The van der Waals surface area contributed by atoms with E-state index in [1.165, 1.54) is 20.7 Å². The van der Waals surface area contributed by atoms with Gasteiger partial charge in [0.15, 0.2) is 0 Å². The molecule has 0 aliphatic carbocycles. The first-order valence-electron chi connectivity index (χ1n) is 7.47. The van der Waals surface area contributed by atoms with Crippen LogP contribution >= 0.6 is 11.3 Å². The van der Waals surface area contributed by atoms with E-state index in [1.54, 1.807) is 0 Å². The second-order valence-corrected chi connectivity index (χ2v) is 6.85. The summed E-state index contributed by atoms with van der Waals surface area (Å²) in [6.45, 7) is 7.43. The molecule has 110 valence electrons. The van der Waals surface area contributed by atoms with Gasteiger partial charge in [0.25, 0.3) is 0 Å². The standard InChI is InChI=1S/C18H21NOS/c1-4-9-19-18(17-8-6-13(3)21-17)16-11-14-10-12(2)5-7-15(14)20-16/h5-8,10-11,18-19H,4,9H2,1-3H3. The summed E-state index contributed by atoms with van der Waals surface area (Å²) in [6, 6.07) is 13.0. The fraction of sp³-hybridized carbons (Fsp3) is 0.333. The minimum Gasteiger partial charge on any atom is -0.459 e. The number of fused-ring (bicyclic) bond motifs is 1. The van der Waals surface area contributed by atoms with Crippen molar-refractivity contribution in [2.75, 3.05) is 6.54 Å². The molecule has 3 aromatic rings. The van der Waals surface area contributed by atoms with Crippen LogP contribution in [0.15, 0.2) is 40.8 Å². The van der Waals surface area contributed by atoms with Gasteiger partial charge in [0.2, 0.25) is 0 Å². The third-order valence-electron chi connectivity index (χ3n) is 3.62. The number of thiophene rings is 1. The van der Waals surface area contributed by atoms with Crippen LogP contribution in [0.5, 0.6) is 0 Å². The quantitative estimate of drug-likeness (QED) is 0.700. The Balaban J connectivity index is 2.00. The van der Waals surface area contributed by atoms with Gasteiger partial charge in [-0.05, 0) is 57.1 Å². The normalized spacial score (nSPS) is 12.9. The van der Waals surface area contributed by atoms with E-state index in [4.69, 9.17) is 4.42 Å². The van der Waals surface area contributed by atoms with Gasteiger partial charge in [-0.15, -0.1) is 11.3 Å². The Morgan fingerprint density at radius 2 is 2.00 bits per heavy atom. The first kappa shape index (κ1) is 14.4. The van der Waals surface area contributed by atoms with E-state index in [2.05, 4.69) is 62.5 Å². The highest BCUT2D eigenvalue weighted by Crippen LogP contribution is 2.32. The van der Waals surface area contributed by atoms with Crippen molar-refractivity contribution in [2.24, 2.45) is 0 Å². The summed E-state index contributed by atoms with van der Waals surface area (Å²) in [5.41, 5.74) is 2.23. The highest BCUT2D eigenvalue weighted by molar-refractivity contribution is 7.12. The summed E-state index contributed by atoms with van der Waals surface area (Å²) < 4.78 is 6.09. The monoisotopic (exact) mass is 299 g/mol. The number of rotatable bonds is 5. The highest BCUT2D eigenvalue weighted by atomic mass is 32.1. The van der Waals surface area contributed by atoms with Crippen molar-refractivity contribution >= 4 is 22.3 Å². The van der Waals surface area contributed by atoms with Gasteiger partial charge < -0.3 is 9.73 Å². The molecule has 0 radical (unpaired) electrons. The molecule has 0 spiro atoms. The fourth-order valence-electron chi connectivity index (χ4n) is 2.56. The first-order valence-corrected chi connectivity index (χ1v) is 8.29. The Kier molecular flexibility index (Phi) is 4.13. The maximum absolute atomic E-state index is 6.09. The molecule has 1 aromatic carbocycles. The van der Waals surface area contributed by atoms with Crippen molar-refractivity contribution in [1.82, 2.24) is 5.32 Å². The zero-order valence-electron chi connectivity index (χ0n) is 12.8. The number of hydrogen-bond acceptors (Lipinski definition) is 3. The average molecular weight is 299 g/mol. The maximum atomic E-state index is 6.09. The lowest BCUT2D eigenvalue weighted by Crippen LogP contribution is -2.21. The van der Waals surface area contributed by atoms with Crippen LogP contribution in [0.3, 0.4) is 0 Å². The summed E-state index contributed by atoms with van der Waals surface area (Å²) in [6.07, 6.45) is 1.11. The Morgan fingerprint density at radius 1 is 1.14 bits per heavy atom. The minimum atomic E-state index is 0.149. The van der Waals surface area contributed by atoms with Crippen molar-refractivity contribution in [3.8, 4) is 0 Å². The number of furan rings is 1. The molecule has 21 heavy (non-hydrogen) atoms. The van der Waals surface area contributed by atoms with Gasteiger partial charge in [0, 0.05) is 15.1 Å². The predicted octanol–water partition coefficient (Wildman–Crippen LogP) is 5.20. The summed E-state index contributed by atoms with van der Waals surface area (Å²) in [5, 5.41) is 4.79. The average Bonchev–Trinajstić information content (AvgIpc) is 3.05. The van der Waals surface area contributed by atoms with E-state index in [0.29, 0.717) is 0 Å². The number of nitrogens with one attached hydrogen (secondary N) is 1. The topological polar surface area (TPSA) is 25.2 Å². The van der Waals surface area contributed by atoms with Gasteiger partial charge in [-0.2, -0.15) is 0 Å². The van der Waals surface area contributed by atoms with E-state index < -0.39 is 0 Å². The van der Waals surface area contributed by atoms with Crippen molar-refractivity contribution in [2.45, 2.75) is 33.2 Å². The predicted molar refractivity (Wildman–Crippen MR) is 90.1 cm³/mol.